The van der Waals surface area contributed by atoms with Crippen LogP contribution in [0.3, 0.4) is 0 Å². The first-order chi connectivity index (χ1) is 9.92. The van der Waals surface area contributed by atoms with Gasteiger partial charge in [0.1, 0.15) is 5.00 Å². The number of hydrogen-bond donors (Lipinski definition) is 2. The van der Waals surface area contributed by atoms with Gasteiger partial charge in [-0.1, -0.05) is 6.92 Å². The van der Waals surface area contributed by atoms with E-state index in [1.165, 1.54) is 23.3 Å². The molecule has 0 unspecified atom stereocenters. The van der Waals surface area contributed by atoms with Gasteiger partial charge >= 0.3 is 5.97 Å². The number of ether oxygens (including phenoxy) is 1. The predicted molar refractivity (Wildman–Crippen MR) is 83.2 cm³/mol. The Morgan fingerprint density at radius 3 is 2.76 bits per heavy atom. The van der Waals surface area contributed by atoms with Gasteiger partial charge in [-0.25, -0.2) is 4.79 Å². The summed E-state index contributed by atoms with van der Waals surface area (Å²) in [5.41, 5.74) is 1.63. The highest BCUT2D eigenvalue weighted by atomic mass is 32.1. The molecule has 2 rings (SSSR count). The van der Waals surface area contributed by atoms with E-state index in [0.717, 1.165) is 29.7 Å². The van der Waals surface area contributed by atoms with Crippen LogP contribution >= 0.6 is 11.3 Å². The molecule has 2 N–H and O–H groups in total. The third-order valence-corrected chi connectivity index (χ3v) is 4.84. The van der Waals surface area contributed by atoms with E-state index in [4.69, 9.17) is 4.74 Å². The quantitative estimate of drug-likeness (QED) is 0.807. The van der Waals surface area contributed by atoms with E-state index >= 15 is 0 Å². The lowest BCUT2D eigenvalue weighted by Gasteiger charge is -2.18. The summed E-state index contributed by atoms with van der Waals surface area (Å²) in [5.74, 6) is 0.192. The molecular formula is C15H23N2O3S+. The van der Waals surface area contributed by atoms with Gasteiger partial charge in [0.15, 0.2) is 6.54 Å². The molecule has 0 fully saturated rings. The van der Waals surface area contributed by atoms with Crippen LogP contribution in [-0.2, 0) is 22.4 Å². The summed E-state index contributed by atoms with van der Waals surface area (Å²) in [7, 11) is 5.22. The Morgan fingerprint density at radius 1 is 1.43 bits per heavy atom. The molecule has 1 atom stereocenters. The summed E-state index contributed by atoms with van der Waals surface area (Å²) < 4.78 is 4.90. The monoisotopic (exact) mass is 311 g/mol. The average Bonchev–Trinajstić information content (AvgIpc) is 2.73. The van der Waals surface area contributed by atoms with Crippen LogP contribution in [0.4, 0.5) is 5.00 Å². The summed E-state index contributed by atoms with van der Waals surface area (Å²) in [4.78, 5) is 26.3. The molecule has 1 aromatic heterocycles. The first kappa shape index (κ1) is 16.0. The third-order valence-electron chi connectivity index (χ3n) is 3.67. The molecule has 0 radical (unpaired) electrons. The Morgan fingerprint density at radius 2 is 2.14 bits per heavy atom. The lowest BCUT2D eigenvalue weighted by atomic mass is 9.88. The van der Waals surface area contributed by atoms with E-state index in [-0.39, 0.29) is 11.9 Å². The highest BCUT2D eigenvalue weighted by molar-refractivity contribution is 7.17. The number of esters is 1. The maximum Gasteiger partial charge on any atom is 0.341 e. The molecule has 116 valence electrons. The highest BCUT2D eigenvalue weighted by Gasteiger charge is 2.29. The number of quaternary nitrogens is 1. The van der Waals surface area contributed by atoms with Crippen molar-refractivity contribution in [2.75, 3.05) is 33.1 Å². The highest BCUT2D eigenvalue weighted by Crippen LogP contribution is 2.39. The van der Waals surface area contributed by atoms with Crippen molar-refractivity contribution in [1.29, 1.82) is 0 Å². The number of carbonyl (C=O) groups is 2. The van der Waals surface area contributed by atoms with Gasteiger partial charge in [-0.3, -0.25) is 4.79 Å². The zero-order chi connectivity index (χ0) is 15.6. The van der Waals surface area contributed by atoms with Crippen LogP contribution in [0, 0.1) is 5.92 Å². The van der Waals surface area contributed by atoms with Crippen molar-refractivity contribution < 1.29 is 19.2 Å². The number of hydrogen-bond acceptors (Lipinski definition) is 4. The van der Waals surface area contributed by atoms with Crippen LogP contribution in [-0.4, -0.2) is 39.6 Å². The van der Waals surface area contributed by atoms with E-state index in [0.29, 0.717) is 23.0 Å². The van der Waals surface area contributed by atoms with Crippen LogP contribution in [0.25, 0.3) is 0 Å². The van der Waals surface area contributed by atoms with Gasteiger partial charge < -0.3 is 15.0 Å². The molecule has 0 saturated carbocycles. The van der Waals surface area contributed by atoms with Gasteiger partial charge in [-0.05, 0) is 30.7 Å². The Balaban J connectivity index is 2.31. The van der Waals surface area contributed by atoms with Crippen LogP contribution < -0.4 is 10.2 Å². The lowest BCUT2D eigenvalue weighted by molar-refractivity contribution is -0.849. The molecule has 1 heterocycles. The van der Waals surface area contributed by atoms with Crippen molar-refractivity contribution in [1.82, 2.24) is 0 Å². The fourth-order valence-corrected chi connectivity index (χ4v) is 4.06. The van der Waals surface area contributed by atoms with E-state index in [1.54, 1.807) is 0 Å². The summed E-state index contributed by atoms with van der Waals surface area (Å²) >= 11 is 1.52. The number of anilines is 1. The van der Waals surface area contributed by atoms with Crippen molar-refractivity contribution in [2.24, 2.45) is 5.92 Å². The summed E-state index contributed by atoms with van der Waals surface area (Å²) in [6, 6.07) is 0. The molecule has 0 spiro atoms. The Labute approximate surface area is 129 Å². The third kappa shape index (κ3) is 3.63. The smallest absolute Gasteiger partial charge is 0.341 e. The standard InChI is InChI=1S/C15H22N2O3S/c1-9-5-6-10-11(7-9)21-14(13(10)15(19)20-4)16-12(18)8-17(2)3/h9H,5-8H2,1-4H3,(H,16,18)/p+1/t9-/m0/s1. The van der Waals surface area contributed by atoms with Gasteiger partial charge in [0.2, 0.25) is 0 Å². The number of nitrogens with one attached hydrogen (secondary N) is 2. The Bertz CT molecular complexity index is 551. The SMILES string of the molecule is COC(=O)c1c(NC(=O)C[NH+](C)C)sc2c1CC[C@H](C)C2. The number of rotatable bonds is 4. The van der Waals surface area contributed by atoms with Crippen molar-refractivity contribution in [3.05, 3.63) is 16.0 Å². The largest absolute Gasteiger partial charge is 0.465 e. The van der Waals surface area contributed by atoms with Crippen LogP contribution in [0.2, 0.25) is 0 Å². The van der Waals surface area contributed by atoms with Gasteiger partial charge in [-0.2, -0.15) is 0 Å². The average molecular weight is 311 g/mol. The van der Waals surface area contributed by atoms with Gasteiger partial charge in [0.05, 0.1) is 26.8 Å². The van der Waals surface area contributed by atoms with E-state index < -0.39 is 0 Å². The first-order valence-electron chi connectivity index (χ1n) is 7.24. The summed E-state index contributed by atoms with van der Waals surface area (Å²) in [5, 5.41) is 3.53. The maximum absolute atomic E-state index is 12.1. The van der Waals surface area contributed by atoms with E-state index in [2.05, 4.69) is 12.2 Å². The molecule has 0 aromatic carbocycles. The van der Waals surface area contributed by atoms with Crippen LogP contribution in [0.15, 0.2) is 0 Å². The summed E-state index contributed by atoms with van der Waals surface area (Å²) in [6.45, 7) is 2.59. The Hall–Kier alpha value is -1.40. The topological polar surface area (TPSA) is 59.8 Å². The zero-order valence-electron chi connectivity index (χ0n) is 13.0. The molecule has 0 aliphatic heterocycles. The van der Waals surface area contributed by atoms with Gasteiger partial charge in [-0.15, -0.1) is 11.3 Å². The molecule has 21 heavy (non-hydrogen) atoms. The molecule has 1 aliphatic rings. The molecule has 0 bridgehead atoms. The molecule has 1 aromatic rings. The van der Waals surface area contributed by atoms with Gasteiger partial charge in [0, 0.05) is 4.88 Å². The minimum absolute atomic E-state index is 0.0770. The van der Waals surface area contributed by atoms with Crippen molar-refractivity contribution in [3.8, 4) is 0 Å². The minimum Gasteiger partial charge on any atom is -0.465 e. The van der Waals surface area contributed by atoms with Crippen molar-refractivity contribution in [3.63, 3.8) is 0 Å². The fourth-order valence-electron chi connectivity index (χ4n) is 2.65. The number of fused-ring (bicyclic) bond motifs is 1. The lowest BCUT2D eigenvalue weighted by Crippen LogP contribution is -3.06. The van der Waals surface area contributed by atoms with Crippen molar-refractivity contribution >= 4 is 28.2 Å². The van der Waals surface area contributed by atoms with Gasteiger partial charge in [0.25, 0.3) is 5.91 Å². The normalized spacial score (nSPS) is 17.5. The summed E-state index contributed by atoms with van der Waals surface area (Å²) in [6.07, 6.45) is 2.92. The fraction of sp³-hybridized carbons (Fsp3) is 0.600. The molecule has 1 aliphatic carbocycles. The second kappa shape index (κ2) is 6.58. The van der Waals surface area contributed by atoms with E-state index in [1.807, 2.05) is 14.1 Å². The first-order valence-corrected chi connectivity index (χ1v) is 8.05. The van der Waals surface area contributed by atoms with Crippen LogP contribution in [0.5, 0.6) is 0 Å². The molecular weight excluding hydrogens is 288 g/mol. The Kier molecular flexibility index (Phi) is 5.00. The number of likely N-dealkylation sites (N-methyl/N-ethyl adjacent to an activating group) is 1. The number of thiophene rings is 1. The zero-order valence-corrected chi connectivity index (χ0v) is 13.9. The second-order valence-electron chi connectivity index (χ2n) is 5.98. The number of methoxy groups -OCH3 is 1. The molecule has 1 amide bonds. The number of amides is 1. The molecule has 6 heteroatoms. The van der Waals surface area contributed by atoms with E-state index in [9.17, 15) is 9.59 Å². The molecule has 0 saturated heterocycles. The predicted octanol–water partition coefficient (Wildman–Crippen LogP) is 0.742. The minimum atomic E-state index is -0.352. The number of carbonyl (C=O) groups excluding carboxylic acids is 2. The second-order valence-corrected chi connectivity index (χ2v) is 7.08. The van der Waals surface area contributed by atoms with Crippen molar-refractivity contribution in [2.45, 2.75) is 26.2 Å². The molecule has 5 nitrogen and oxygen atoms in total. The van der Waals surface area contributed by atoms with Crippen LogP contribution in [0.1, 0.15) is 34.1 Å². The maximum atomic E-state index is 12.1.